The zero-order valence-corrected chi connectivity index (χ0v) is 16.5. The summed E-state index contributed by atoms with van der Waals surface area (Å²) in [6.07, 6.45) is 0.753. The molecule has 5 nitrogen and oxygen atoms in total. The number of urea groups is 1. The van der Waals surface area contributed by atoms with E-state index in [-0.39, 0.29) is 6.03 Å². The van der Waals surface area contributed by atoms with Gasteiger partial charge in [-0.05, 0) is 43.5 Å². The van der Waals surface area contributed by atoms with Crippen LogP contribution in [0.25, 0.3) is 11.3 Å². The van der Waals surface area contributed by atoms with E-state index >= 15 is 0 Å². The van der Waals surface area contributed by atoms with E-state index in [9.17, 15) is 4.79 Å². The summed E-state index contributed by atoms with van der Waals surface area (Å²) >= 11 is 1.42. The molecular weight excluding hydrogens is 358 g/mol. The SMILES string of the molecule is COc1ccc(CCNC(=O)Nc2nc(-c3ccc(C)cc3C)cs2)cc1. The first kappa shape index (κ1) is 18.9. The number of amides is 2. The second kappa shape index (κ2) is 8.68. The molecule has 1 aromatic heterocycles. The molecule has 0 aliphatic heterocycles. The quantitative estimate of drug-likeness (QED) is 0.645. The number of nitrogens with one attached hydrogen (secondary N) is 2. The summed E-state index contributed by atoms with van der Waals surface area (Å²) in [7, 11) is 1.64. The minimum absolute atomic E-state index is 0.245. The van der Waals surface area contributed by atoms with E-state index in [0.29, 0.717) is 11.7 Å². The molecule has 0 bridgehead atoms. The first-order chi connectivity index (χ1) is 13.0. The van der Waals surface area contributed by atoms with E-state index < -0.39 is 0 Å². The van der Waals surface area contributed by atoms with Gasteiger partial charge in [-0.15, -0.1) is 11.3 Å². The molecule has 0 unspecified atom stereocenters. The number of carbonyl (C=O) groups is 1. The lowest BCUT2D eigenvalue weighted by atomic mass is 10.0. The van der Waals surface area contributed by atoms with Crippen molar-refractivity contribution in [2.75, 3.05) is 19.0 Å². The standard InChI is InChI=1S/C21H23N3O2S/c1-14-4-9-18(15(2)12-14)19-13-27-21(23-19)24-20(25)22-11-10-16-5-7-17(26-3)8-6-16/h4-9,12-13H,10-11H2,1-3H3,(H2,22,23,24,25). The highest BCUT2D eigenvalue weighted by atomic mass is 32.1. The molecular formula is C21H23N3O2S. The first-order valence-electron chi connectivity index (χ1n) is 8.76. The fourth-order valence-corrected chi connectivity index (χ4v) is 3.52. The van der Waals surface area contributed by atoms with Crippen molar-refractivity contribution in [2.24, 2.45) is 0 Å². The average Bonchev–Trinajstić information content (AvgIpc) is 3.10. The summed E-state index contributed by atoms with van der Waals surface area (Å²) in [5.74, 6) is 0.827. The molecule has 2 amide bonds. The van der Waals surface area contributed by atoms with Gasteiger partial charge in [0, 0.05) is 17.5 Å². The Labute approximate surface area is 163 Å². The number of nitrogens with zero attached hydrogens (tertiary/aromatic N) is 1. The molecule has 3 rings (SSSR count). The second-order valence-corrected chi connectivity index (χ2v) is 7.19. The van der Waals surface area contributed by atoms with Crippen LogP contribution in [0.3, 0.4) is 0 Å². The maximum absolute atomic E-state index is 12.1. The number of hydrogen-bond donors (Lipinski definition) is 2. The highest BCUT2D eigenvalue weighted by Gasteiger charge is 2.09. The predicted molar refractivity (Wildman–Crippen MR) is 111 cm³/mol. The lowest BCUT2D eigenvalue weighted by Crippen LogP contribution is -2.30. The summed E-state index contributed by atoms with van der Waals surface area (Å²) in [6, 6.07) is 13.8. The monoisotopic (exact) mass is 381 g/mol. The average molecular weight is 382 g/mol. The lowest BCUT2D eigenvalue weighted by molar-refractivity contribution is 0.252. The Morgan fingerprint density at radius 2 is 1.93 bits per heavy atom. The van der Waals surface area contributed by atoms with Gasteiger partial charge < -0.3 is 10.1 Å². The van der Waals surface area contributed by atoms with Gasteiger partial charge in [-0.3, -0.25) is 5.32 Å². The number of methoxy groups -OCH3 is 1. The molecule has 2 N–H and O–H groups in total. The van der Waals surface area contributed by atoms with Gasteiger partial charge in [0.15, 0.2) is 5.13 Å². The Balaban J connectivity index is 1.51. The van der Waals surface area contributed by atoms with E-state index in [1.807, 2.05) is 29.6 Å². The van der Waals surface area contributed by atoms with Crippen LogP contribution in [0.1, 0.15) is 16.7 Å². The maximum atomic E-state index is 12.1. The van der Waals surface area contributed by atoms with Crippen LogP contribution >= 0.6 is 11.3 Å². The summed E-state index contributed by atoms with van der Waals surface area (Å²) in [4.78, 5) is 16.6. The van der Waals surface area contributed by atoms with Crippen LogP contribution in [0.4, 0.5) is 9.93 Å². The van der Waals surface area contributed by atoms with Gasteiger partial charge in [0.25, 0.3) is 0 Å². The molecule has 0 aliphatic rings. The van der Waals surface area contributed by atoms with Gasteiger partial charge in [-0.1, -0.05) is 35.9 Å². The number of aryl methyl sites for hydroxylation is 2. The third kappa shape index (κ3) is 5.08. The van der Waals surface area contributed by atoms with Crippen molar-refractivity contribution in [3.8, 4) is 17.0 Å². The third-order valence-electron chi connectivity index (χ3n) is 4.24. The normalized spacial score (nSPS) is 10.5. The third-order valence-corrected chi connectivity index (χ3v) is 5.00. The van der Waals surface area contributed by atoms with Crippen LogP contribution in [0, 0.1) is 13.8 Å². The van der Waals surface area contributed by atoms with Gasteiger partial charge in [-0.25, -0.2) is 9.78 Å². The Bertz CT molecular complexity index is 919. The van der Waals surface area contributed by atoms with Crippen LogP contribution in [-0.4, -0.2) is 24.7 Å². The molecule has 1 heterocycles. The van der Waals surface area contributed by atoms with E-state index in [0.717, 1.165) is 29.0 Å². The van der Waals surface area contributed by atoms with E-state index in [2.05, 4.69) is 47.7 Å². The molecule has 140 valence electrons. The van der Waals surface area contributed by atoms with Gasteiger partial charge in [-0.2, -0.15) is 0 Å². The Morgan fingerprint density at radius 1 is 1.15 bits per heavy atom. The van der Waals surface area contributed by atoms with E-state index in [1.54, 1.807) is 7.11 Å². The first-order valence-corrected chi connectivity index (χ1v) is 9.64. The number of rotatable bonds is 6. The van der Waals surface area contributed by atoms with Crippen LogP contribution in [0.2, 0.25) is 0 Å². The summed E-state index contributed by atoms with van der Waals surface area (Å²) in [5, 5.41) is 8.22. The smallest absolute Gasteiger partial charge is 0.321 e. The molecule has 0 saturated heterocycles. The number of ether oxygens (including phenoxy) is 1. The number of hydrogen-bond acceptors (Lipinski definition) is 4. The number of thiazole rings is 1. The lowest BCUT2D eigenvalue weighted by Gasteiger charge is -2.06. The number of anilines is 1. The van der Waals surface area contributed by atoms with Crippen molar-refractivity contribution in [3.05, 3.63) is 64.5 Å². The van der Waals surface area contributed by atoms with E-state index in [4.69, 9.17) is 4.74 Å². The molecule has 0 spiro atoms. The van der Waals surface area contributed by atoms with Gasteiger partial charge in [0.05, 0.1) is 12.8 Å². The minimum atomic E-state index is -0.245. The highest BCUT2D eigenvalue weighted by molar-refractivity contribution is 7.14. The maximum Gasteiger partial charge on any atom is 0.321 e. The molecule has 2 aromatic carbocycles. The molecule has 0 atom stereocenters. The van der Waals surface area contributed by atoms with Crippen molar-refractivity contribution in [3.63, 3.8) is 0 Å². The van der Waals surface area contributed by atoms with E-state index in [1.165, 1.54) is 22.5 Å². The fourth-order valence-electron chi connectivity index (χ4n) is 2.81. The van der Waals surface area contributed by atoms with Crippen molar-refractivity contribution in [2.45, 2.75) is 20.3 Å². The number of aromatic nitrogens is 1. The van der Waals surface area contributed by atoms with Crippen LogP contribution in [-0.2, 0) is 6.42 Å². The number of benzene rings is 2. The van der Waals surface area contributed by atoms with Gasteiger partial charge >= 0.3 is 6.03 Å². The van der Waals surface area contributed by atoms with Crippen molar-refractivity contribution in [1.82, 2.24) is 10.3 Å². The van der Waals surface area contributed by atoms with Crippen LogP contribution < -0.4 is 15.4 Å². The summed E-state index contributed by atoms with van der Waals surface area (Å²) in [5.41, 5.74) is 5.51. The summed E-state index contributed by atoms with van der Waals surface area (Å²) in [6.45, 7) is 4.69. The highest BCUT2D eigenvalue weighted by Crippen LogP contribution is 2.27. The van der Waals surface area contributed by atoms with Crippen molar-refractivity contribution >= 4 is 22.5 Å². The molecule has 27 heavy (non-hydrogen) atoms. The Morgan fingerprint density at radius 3 is 2.63 bits per heavy atom. The summed E-state index contributed by atoms with van der Waals surface area (Å²) < 4.78 is 5.14. The minimum Gasteiger partial charge on any atom is -0.497 e. The van der Waals surface area contributed by atoms with Crippen molar-refractivity contribution in [1.29, 1.82) is 0 Å². The topological polar surface area (TPSA) is 63.2 Å². The number of carbonyl (C=O) groups excluding carboxylic acids is 1. The predicted octanol–water partition coefficient (Wildman–Crippen LogP) is 4.80. The molecule has 0 fully saturated rings. The Hall–Kier alpha value is -2.86. The van der Waals surface area contributed by atoms with Crippen LogP contribution in [0.5, 0.6) is 5.75 Å². The molecule has 6 heteroatoms. The molecule has 3 aromatic rings. The molecule has 0 aliphatic carbocycles. The van der Waals surface area contributed by atoms with Gasteiger partial charge in [0.1, 0.15) is 5.75 Å². The van der Waals surface area contributed by atoms with Gasteiger partial charge in [0.2, 0.25) is 0 Å². The zero-order chi connectivity index (χ0) is 19.2. The largest absolute Gasteiger partial charge is 0.497 e. The Kier molecular flexibility index (Phi) is 6.08. The molecule has 0 saturated carbocycles. The second-order valence-electron chi connectivity index (χ2n) is 6.34. The van der Waals surface area contributed by atoms with Crippen LogP contribution in [0.15, 0.2) is 47.8 Å². The van der Waals surface area contributed by atoms with Crippen molar-refractivity contribution < 1.29 is 9.53 Å². The molecule has 0 radical (unpaired) electrons. The fraction of sp³-hybridized carbons (Fsp3) is 0.238. The zero-order valence-electron chi connectivity index (χ0n) is 15.7.